The van der Waals surface area contributed by atoms with Crippen LogP contribution in [0, 0.1) is 0 Å². The molecule has 2 heterocycles. The van der Waals surface area contributed by atoms with Crippen LogP contribution in [0.1, 0.15) is 16.8 Å². The Morgan fingerprint density at radius 3 is 2.95 bits per heavy atom. The number of carbonyl (C=O) groups is 2. The van der Waals surface area contributed by atoms with E-state index in [1.54, 1.807) is 24.4 Å². The van der Waals surface area contributed by atoms with Gasteiger partial charge in [-0.3, -0.25) is 9.89 Å². The van der Waals surface area contributed by atoms with Crippen LogP contribution in [-0.2, 0) is 4.79 Å². The molecule has 0 saturated carbocycles. The average Bonchev–Trinajstić information content (AvgIpc) is 3.02. The minimum atomic E-state index is -1.10. The maximum atomic E-state index is 12.4. The van der Waals surface area contributed by atoms with Crippen molar-refractivity contribution in [3.05, 3.63) is 30.0 Å². The van der Waals surface area contributed by atoms with Crippen LogP contribution in [0.25, 0.3) is 10.9 Å². The molecule has 1 fully saturated rings. The molecule has 0 unspecified atom stereocenters. The number of β-amino-alcohol motifs (C(OH)–C–C–N with tert-alkyl or cyclic N) is 1. The monoisotopic (exact) mass is 275 g/mol. The molecule has 3 N–H and O–H groups in total. The number of aliphatic hydroxyl groups is 1. The summed E-state index contributed by atoms with van der Waals surface area (Å²) < 4.78 is 0. The van der Waals surface area contributed by atoms with Gasteiger partial charge >= 0.3 is 5.97 Å². The largest absolute Gasteiger partial charge is 0.480 e. The van der Waals surface area contributed by atoms with Gasteiger partial charge in [0.1, 0.15) is 6.04 Å². The van der Waals surface area contributed by atoms with Crippen molar-refractivity contribution in [3.8, 4) is 0 Å². The minimum absolute atomic E-state index is 0.0409. The summed E-state index contributed by atoms with van der Waals surface area (Å²) in [7, 11) is 0. The highest BCUT2D eigenvalue weighted by molar-refractivity contribution is 5.99. The van der Waals surface area contributed by atoms with E-state index in [9.17, 15) is 14.7 Å². The fraction of sp³-hybridized carbons (Fsp3) is 0.308. The van der Waals surface area contributed by atoms with Crippen LogP contribution in [0.3, 0.4) is 0 Å². The molecular formula is C13H13N3O4. The number of hydrogen-bond donors (Lipinski definition) is 3. The number of carbonyl (C=O) groups excluding carboxylic acids is 1. The molecule has 2 aromatic rings. The molecular weight excluding hydrogens is 262 g/mol. The van der Waals surface area contributed by atoms with Gasteiger partial charge in [0.25, 0.3) is 5.91 Å². The van der Waals surface area contributed by atoms with Crippen LogP contribution >= 0.6 is 0 Å². The summed E-state index contributed by atoms with van der Waals surface area (Å²) in [5.41, 5.74) is 1.19. The van der Waals surface area contributed by atoms with E-state index in [0.717, 1.165) is 10.9 Å². The standard InChI is InChI=1S/C13H13N3O4/c17-9-4-11(13(19)20)16(6-9)12(18)7-1-2-10-8(3-7)5-14-15-10/h1-3,5,9,11,17H,4,6H2,(H,14,15)(H,19,20)/t9-,11-/m1/s1. The zero-order valence-electron chi connectivity index (χ0n) is 10.5. The lowest BCUT2D eigenvalue weighted by Gasteiger charge is -2.21. The number of fused-ring (bicyclic) bond motifs is 1. The van der Waals surface area contributed by atoms with Gasteiger partial charge < -0.3 is 15.1 Å². The number of rotatable bonds is 2. The first-order valence-electron chi connectivity index (χ1n) is 6.21. The van der Waals surface area contributed by atoms with Crippen LogP contribution in [0.2, 0.25) is 0 Å². The number of aliphatic hydroxyl groups excluding tert-OH is 1. The topological polar surface area (TPSA) is 107 Å². The Labute approximate surface area is 113 Å². The molecule has 0 radical (unpaired) electrons. The molecule has 0 spiro atoms. The second-order valence-electron chi connectivity index (χ2n) is 4.87. The predicted octanol–water partition coefficient (Wildman–Crippen LogP) is 0.223. The van der Waals surface area contributed by atoms with Crippen LogP contribution in [0.4, 0.5) is 0 Å². The van der Waals surface area contributed by atoms with E-state index in [2.05, 4.69) is 10.2 Å². The lowest BCUT2D eigenvalue weighted by Crippen LogP contribution is -2.40. The Kier molecular flexibility index (Phi) is 2.90. The summed E-state index contributed by atoms with van der Waals surface area (Å²) in [5.74, 6) is -1.49. The third-order valence-electron chi connectivity index (χ3n) is 3.51. The van der Waals surface area contributed by atoms with Crippen molar-refractivity contribution >= 4 is 22.8 Å². The molecule has 1 amide bonds. The number of carboxylic acid groups (broad SMARTS) is 1. The zero-order valence-corrected chi connectivity index (χ0v) is 10.5. The second kappa shape index (κ2) is 4.61. The van der Waals surface area contributed by atoms with Gasteiger partial charge in [-0.2, -0.15) is 5.10 Å². The molecule has 0 bridgehead atoms. The van der Waals surface area contributed by atoms with E-state index >= 15 is 0 Å². The summed E-state index contributed by atoms with van der Waals surface area (Å²) in [6.07, 6.45) is 0.868. The van der Waals surface area contributed by atoms with E-state index in [4.69, 9.17) is 5.11 Å². The molecule has 2 atom stereocenters. The van der Waals surface area contributed by atoms with Crippen LogP contribution in [0.15, 0.2) is 24.4 Å². The Bertz CT molecular complexity index is 681. The number of aromatic amines is 1. The van der Waals surface area contributed by atoms with Crippen LogP contribution < -0.4 is 0 Å². The third kappa shape index (κ3) is 2.01. The number of benzene rings is 1. The maximum Gasteiger partial charge on any atom is 0.326 e. The smallest absolute Gasteiger partial charge is 0.326 e. The molecule has 3 rings (SSSR count). The van der Waals surface area contributed by atoms with Crippen molar-refractivity contribution in [2.24, 2.45) is 0 Å². The number of nitrogens with one attached hydrogen (secondary N) is 1. The number of aromatic nitrogens is 2. The van der Waals surface area contributed by atoms with E-state index in [1.165, 1.54) is 4.90 Å². The quantitative estimate of drug-likeness (QED) is 0.727. The molecule has 1 aliphatic heterocycles. The van der Waals surface area contributed by atoms with E-state index in [1.807, 2.05) is 0 Å². The molecule has 7 heteroatoms. The molecule has 1 aliphatic rings. The molecule has 1 aromatic heterocycles. The van der Waals surface area contributed by atoms with E-state index in [-0.39, 0.29) is 13.0 Å². The van der Waals surface area contributed by atoms with E-state index < -0.39 is 24.0 Å². The number of aliphatic carboxylic acids is 1. The number of likely N-dealkylation sites (tertiary alicyclic amines) is 1. The Morgan fingerprint density at radius 2 is 2.20 bits per heavy atom. The molecule has 7 nitrogen and oxygen atoms in total. The minimum Gasteiger partial charge on any atom is -0.480 e. The number of amides is 1. The van der Waals surface area contributed by atoms with Crippen molar-refractivity contribution in [3.63, 3.8) is 0 Å². The highest BCUT2D eigenvalue weighted by Crippen LogP contribution is 2.22. The predicted molar refractivity (Wildman–Crippen MR) is 69.2 cm³/mol. The van der Waals surface area contributed by atoms with Crippen LogP contribution in [-0.4, -0.2) is 55.9 Å². The SMILES string of the molecule is O=C(O)[C@H]1C[C@@H](O)CN1C(=O)c1ccc2[nH]ncc2c1. The molecule has 0 aliphatic carbocycles. The first-order chi connectivity index (χ1) is 9.56. The molecule has 1 aromatic carbocycles. The van der Waals surface area contributed by atoms with Gasteiger partial charge in [0.2, 0.25) is 0 Å². The van der Waals surface area contributed by atoms with Gasteiger partial charge in [0.05, 0.1) is 17.8 Å². The van der Waals surface area contributed by atoms with Crippen molar-refractivity contribution < 1.29 is 19.8 Å². The fourth-order valence-electron chi connectivity index (χ4n) is 2.51. The van der Waals surface area contributed by atoms with Crippen molar-refractivity contribution in [1.82, 2.24) is 15.1 Å². The van der Waals surface area contributed by atoms with Gasteiger partial charge in [-0.05, 0) is 18.2 Å². The summed E-state index contributed by atoms with van der Waals surface area (Å²) in [4.78, 5) is 24.7. The summed E-state index contributed by atoms with van der Waals surface area (Å²) >= 11 is 0. The summed E-state index contributed by atoms with van der Waals surface area (Å²) in [6.45, 7) is 0.0409. The molecule has 1 saturated heterocycles. The highest BCUT2D eigenvalue weighted by atomic mass is 16.4. The number of nitrogens with zero attached hydrogens (tertiary/aromatic N) is 2. The first kappa shape index (κ1) is 12.6. The van der Waals surface area contributed by atoms with Gasteiger partial charge in [0, 0.05) is 23.9 Å². The summed E-state index contributed by atoms with van der Waals surface area (Å²) in [5, 5.41) is 26.1. The Hall–Kier alpha value is -2.41. The third-order valence-corrected chi connectivity index (χ3v) is 3.51. The fourth-order valence-corrected chi connectivity index (χ4v) is 2.51. The van der Waals surface area contributed by atoms with Crippen molar-refractivity contribution in [2.45, 2.75) is 18.6 Å². The zero-order chi connectivity index (χ0) is 14.3. The van der Waals surface area contributed by atoms with Gasteiger partial charge in [-0.15, -0.1) is 0 Å². The number of carboxylic acids is 1. The molecule has 20 heavy (non-hydrogen) atoms. The first-order valence-corrected chi connectivity index (χ1v) is 6.21. The highest BCUT2D eigenvalue weighted by Gasteiger charge is 2.39. The Balaban J connectivity index is 1.92. The molecule has 104 valence electrons. The maximum absolute atomic E-state index is 12.4. The normalized spacial score (nSPS) is 22.4. The number of hydrogen-bond acceptors (Lipinski definition) is 4. The lowest BCUT2D eigenvalue weighted by molar-refractivity contribution is -0.141. The lowest BCUT2D eigenvalue weighted by atomic mass is 10.1. The Morgan fingerprint density at radius 1 is 1.40 bits per heavy atom. The van der Waals surface area contributed by atoms with Gasteiger partial charge in [0.15, 0.2) is 0 Å². The average molecular weight is 275 g/mol. The second-order valence-corrected chi connectivity index (χ2v) is 4.87. The summed E-state index contributed by atoms with van der Waals surface area (Å²) in [6, 6.07) is 4.02. The van der Waals surface area contributed by atoms with Gasteiger partial charge in [-0.25, -0.2) is 4.79 Å². The van der Waals surface area contributed by atoms with Crippen LogP contribution in [0.5, 0.6) is 0 Å². The van der Waals surface area contributed by atoms with Crippen molar-refractivity contribution in [2.75, 3.05) is 6.54 Å². The number of H-pyrrole nitrogens is 1. The van der Waals surface area contributed by atoms with E-state index in [0.29, 0.717) is 5.56 Å². The van der Waals surface area contributed by atoms with Crippen molar-refractivity contribution in [1.29, 1.82) is 0 Å². The van der Waals surface area contributed by atoms with Gasteiger partial charge in [-0.1, -0.05) is 0 Å².